The van der Waals surface area contributed by atoms with E-state index in [4.69, 9.17) is 9.47 Å². The average molecular weight is 467 g/mol. The number of benzene rings is 2. The van der Waals surface area contributed by atoms with Crippen LogP contribution in [0.4, 0.5) is 0 Å². The monoisotopic (exact) mass is 466 g/mol. The van der Waals surface area contributed by atoms with E-state index in [1.807, 2.05) is 6.92 Å². The molecule has 0 saturated carbocycles. The molecule has 1 atom stereocenters. The van der Waals surface area contributed by atoms with Crippen LogP contribution in [0.5, 0.6) is 11.5 Å². The van der Waals surface area contributed by atoms with E-state index < -0.39 is 17.7 Å². The number of aromatic hydroxyl groups is 1. The molecule has 0 unspecified atom stereocenters. The van der Waals surface area contributed by atoms with E-state index >= 15 is 0 Å². The van der Waals surface area contributed by atoms with Crippen molar-refractivity contribution in [1.82, 2.24) is 9.80 Å². The largest absolute Gasteiger partial charge is 0.508 e. The summed E-state index contributed by atoms with van der Waals surface area (Å²) in [7, 11) is 1.56. The minimum Gasteiger partial charge on any atom is -0.508 e. The van der Waals surface area contributed by atoms with Crippen LogP contribution in [-0.2, 0) is 14.3 Å². The Bertz CT molecular complexity index is 1090. The fourth-order valence-electron chi connectivity index (χ4n) is 4.58. The Labute approximate surface area is 199 Å². The van der Waals surface area contributed by atoms with Gasteiger partial charge in [0, 0.05) is 31.7 Å². The van der Waals surface area contributed by atoms with Crippen LogP contribution >= 0.6 is 0 Å². The molecule has 2 heterocycles. The van der Waals surface area contributed by atoms with E-state index in [2.05, 4.69) is 4.90 Å². The summed E-state index contributed by atoms with van der Waals surface area (Å²) >= 11 is 0. The van der Waals surface area contributed by atoms with E-state index in [9.17, 15) is 19.8 Å². The van der Waals surface area contributed by atoms with Crippen molar-refractivity contribution < 1.29 is 29.3 Å². The van der Waals surface area contributed by atoms with Gasteiger partial charge in [0.15, 0.2) is 0 Å². The number of aliphatic hydroxyl groups excluding tert-OH is 1. The molecule has 0 aromatic heterocycles. The zero-order chi connectivity index (χ0) is 24.2. The van der Waals surface area contributed by atoms with Gasteiger partial charge in [-0.2, -0.15) is 0 Å². The van der Waals surface area contributed by atoms with Crippen molar-refractivity contribution in [3.63, 3.8) is 0 Å². The molecule has 2 fully saturated rings. The number of hydrogen-bond donors (Lipinski definition) is 2. The predicted octanol–water partition coefficient (Wildman–Crippen LogP) is 2.85. The van der Waals surface area contributed by atoms with Gasteiger partial charge in [0.25, 0.3) is 11.7 Å². The lowest BCUT2D eigenvalue weighted by molar-refractivity contribution is -0.140. The van der Waals surface area contributed by atoms with Crippen LogP contribution in [-0.4, -0.2) is 78.2 Å². The Morgan fingerprint density at radius 1 is 1.09 bits per heavy atom. The van der Waals surface area contributed by atoms with Crippen molar-refractivity contribution in [2.75, 3.05) is 46.5 Å². The van der Waals surface area contributed by atoms with Gasteiger partial charge < -0.3 is 24.6 Å². The number of rotatable bonds is 7. The number of aryl methyl sites for hydroxylation is 1. The molecule has 2 aliphatic heterocycles. The first-order chi connectivity index (χ1) is 16.4. The summed E-state index contributed by atoms with van der Waals surface area (Å²) < 4.78 is 10.7. The standard InChI is InChI=1S/C26H30N2O6/c1-17-16-19(6-9-21(17)33-2)24(30)22-23(18-4-7-20(29)8-5-18)28(26(32)25(22)31)11-3-10-27-12-14-34-15-13-27/h4-9,16,23,29-30H,3,10-15H2,1-2H3/b24-22+/t23-/m1/s1. The SMILES string of the molecule is COc1ccc(/C(O)=C2\C(=O)C(=O)N(CCCN3CCOCC3)[C@@H]2c2ccc(O)cc2)cc1C. The maximum atomic E-state index is 13.1. The lowest BCUT2D eigenvalue weighted by atomic mass is 9.94. The summed E-state index contributed by atoms with van der Waals surface area (Å²) in [5, 5.41) is 20.9. The van der Waals surface area contributed by atoms with Crippen LogP contribution < -0.4 is 4.74 Å². The first-order valence-corrected chi connectivity index (χ1v) is 11.4. The molecule has 0 spiro atoms. The topological polar surface area (TPSA) is 99.5 Å². The number of carbonyl (C=O) groups excluding carboxylic acids is 2. The fourth-order valence-corrected chi connectivity index (χ4v) is 4.58. The van der Waals surface area contributed by atoms with E-state index in [0.717, 1.165) is 25.2 Å². The van der Waals surface area contributed by atoms with Crippen molar-refractivity contribution >= 4 is 17.4 Å². The molecule has 2 aromatic carbocycles. The highest BCUT2D eigenvalue weighted by molar-refractivity contribution is 6.46. The molecule has 4 rings (SSSR count). The second kappa shape index (κ2) is 10.3. The number of morpholine rings is 1. The molecule has 2 aromatic rings. The van der Waals surface area contributed by atoms with E-state index in [1.54, 1.807) is 37.4 Å². The molecule has 0 aliphatic carbocycles. The van der Waals surface area contributed by atoms with Crippen molar-refractivity contribution in [3.8, 4) is 11.5 Å². The number of Topliss-reactive ketones (excluding diaryl/α,β-unsaturated/α-hetero) is 1. The van der Waals surface area contributed by atoms with E-state index in [-0.39, 0.29) is 17.1 Å². The third-order valence-electron chi connectivity index (χ3n) is 6.39. The number of hydrogen-bond acceptors (Lipinski definition) is 7. The number of aliphatic hydroxyl groups is 1. The van der Waals surface area contributed by atoms with Crippen LogP contribution in [0, 0.1) is 6.92 Å². The Balaban J connectivity index is 1.68. The first kappa shape index (κ1) is 23.8. The van der Waals surface area contributed by atoms with E-state index in [0.29, 0.717) is 43.1 Å². The van der Waals surface area contributed by atoms with Crippen LogP contribution in [0.2, 0.25) is 0 Å². The summed E-state index contributed by atoms with van der Waals surface area (Å²) in [5.74, 6) is -0.825. The Hall–Kier alpha value is -3.36. The predicted molar refractivity (Wildman–Crippen MR) is 127 cm³/mol. The molecule has 180 valence electrons. The van der Waals surface area contributed by atoms with Crippen LogP contribution in [0.15, 0.2) is 48.0 Å². The Morgan fingerprint density at radius 3 is 2.44 bits per heavy atom. The number of amides is 1. The minimum atomic E-state index is -0.743. The lowest BCUT2D eigenvalue weighted by Crippen LogP contribution is -2.38. The highest BCUT2D eigenvalue weighted by atomic mass is 16.5. The molecule has 2 N–H and O–H groups in total. The maximum absolute atomic E-state index is 13.1. The van der Waals surface area contributed by atoms with Gasteiger partial charge >= 0.3 is 0 Å². The molecular formula is C26H30N2O6. The zero-order valence-electron chi connectivity index (χ0n) is 19.5. The number of carbonyl (C=O) groups is 2. The Morgan fingerprint density at radius 2 is 1.79 bits per heavy atom. The number of phenolic OH excluding ortho intramolecular Hbond substituents is 1. The molecule has 34 heavy (non-hydrogen) atoms. The van der Waals surface area contributed by atoms with Crippen molar-refractivity contribution in [1.29, 1.82) is 0 Å². The van der Waals surface area contributed by atoms with Gasteiger partial charge in [-0.25, -0.2) is 0 Å². The van der Waals surface area contributed by atoms with Crippen LogP contribution in [0.1, 0.15) is 29.2 Å². The Kier molecular flexibility index (Phi) is 7.19. The molecule has 0 bridgehead atoms. The van der Waals surface area contributed by atoms with Gasteiger partial charge in [-0.1, -0.05) is 12.1 Å². The number of nitrogens with zero attached hydrogens (tertiary/aromatic N) is 2. The first-order valence-electron chi connectivity index (χ1n) is 11.4. The molecule has 2 saturated heterocycles. The smallest absolute Gasteiger partial charge is 0.295 e. The summed E-state index contributed by atoms with van der Waals surface area (Å²) in [4.78, 5) is 30.0. The lowest BCUT2D eigenvalue weighted by Gasteiger charge is -2.29. The second-order valence-corrected chi connectivity index (χ2v) is 8.58. The number of ketones is 1. The molecule has 1 amide bonds. The molecule has 0 radical (unpaired) electrons. The number of ether oxygens (including phenoxy) is 2. The summed E-state index contributed by atoms with van der Waals surface area (Å²) in [6, 6.07) is 10.8. The quantitative estimate of drug-likeness (QED) is 0.368. The third kappa shape index (κ3) is 4.78. The van der Waals surface area contributed by atoms with E-state index in [1.165, 1.54) is 17.0 Å². The highest BCUT2D eigenvalue weighted by Crippen LogP contribution is 2.40. The number of methoxy groups -OCH3 is 1. The fraction of sp³-hybridized carbons (Fsp3) is 0.385. The summed E-state index contributed by atoms with van der Waals surface area (Å²) in [6.07, 6.45) is 0.684. The van der Waals surface area contributed by atoms with Gasteiger partial charge in [0.1, 0.15) is 17.3 Å². The van der Waals surface area contributed by atoms with Gasteiger partial charge in [0.05, 0.1) is 31.9 Å². The van der Waals surface area contributed by atoms with Crippen molar-refractivity contribution in [2.24, 2.45) is 0 Å². The summed E-state index contributed by atoms with van der Waals surface area (Å²) in [6.45, 7) is 6.07. The van der Waals surface area contributed by atoms with Gasteiger partial charge in [-0.3, -0.25) is 14.5 Å². The number of likely N-dealkylation sites (tertiary alicyclic amines) is 1. The zero-order valence-corrected chi connectivity index (χ0v) is 19.5. The van der Waals surface area contributed by atoms with Crippen molar-refractivity contribution in [3.05, 3.63) is 64.7 Å². The third-order valence-corrected chi connectivity index (χ3v) is 6.39. The molecular weight excluding hydrogens is 436 g/mol. The maximum Gasteiger partial charge on any atom is 0.295 e. The second-order valence-electron chi connectivity index (χ2n) is 8.58. The van der Waals surface area contributed by atoms with Gasteiger partial charge in [-0.15, -0.1) is 0 Å². The number of phenols is 1. The van der Waals surface area contributed by atoms with Crippen LogP contribution in [0.25, 0.3) is 5.76 Å². The molecule has 2 aliphatic rings. The highest BCUT2D eigenvalue weighted by Gasteiger charge is 2.45. The van der Waals surface area contributed by atoms with Crippen molar-refractivity contribution in [2.45, 2.75) is 19.4 Å². The van der Waals surface area contributed by atoms with Gasteiger partial charge in [-0.05, 0) is 54.8 Å². The van der Waals surface area contributed by atoms with Gasteiger partial charge in [0.2, 0.25) is 0 Å². The molecule has 8 heteroatoms. The van der Waals surface area contributed by atoms with Crippen LogP contribution in [0.3, 0.4) is 0 Å². The minimum absolute atomic E-state index is 0.0478. The molecule has 8 nitrogen and oxygen atoms in total. The summed E-state index contributed by atoms with van der Waals surface area (Å²) in [5.41, 5.74) is 1.93. The normalized spacial score (nSPS) is 20.6. The average Bonchev–Trinajstić information content (AvgIpc) is 3.09.